The Morgan fingerprint density at radius 3 is 2.93 bits per heavy atom. The first-order valence-electron chi connectivity index (χ1n) is 8.75. The second-order valence-corrected chi connectivity index (χ2v) is 6.68. The average molecular weight is 396 g/mol. The number of para-hydroxylation sites is 2. The molecule has 0 unspecified atom stereocenters. The van der Waals surface area contributed by atoms with Crippen LogP contribution in [0.2, 0.25) is 0 Å². The van der Waals surface area contributed by atoms with Crippen LogP contribution in [0.15, 0.2) is 65.2 Å². The minimum atomic E-state index is -0.224. The van der Waals surface area contributed by atoms with Crippen molar-refractivity contribution in [3.8, 4) is 5.75 Å². The monoisotopic (exact) mass is 396 g/mol. The van der Waals surface area contributed by atoms with Gasteiger partial charge >= 0.3 is 0 Å². The number of amides is 1. The van der Waals surface area contributed by atoms with E-state index in [0.29, 0.717) is 40.8 Å². The third-order valence-corrected chi connectivity index (χ3v) is 4.78. The molecule has 7 nitrogen and oxygen atoms in total. The number of thioether (sulfide) groups is 1. The van der Waals surface area contributed by atoms with Crippen molar-refractivity contribution in [1.29, 1.82) is 0 Å². The number of benzene rings is 1. The normalized spacial score (nSPS) is 10.6. The summed E-state index contributed by atoms with van der Waals surface area (Å²) >= 11 is 1.17. The fraction of sp³-hybridized carbons (Fsp3) is 0.200. The second kappa shape index (κ2) is 9.18. The molecule has 2 heterocycles. The van der Waals surface area contributed by atoms with Gasteiger partial charge in [0.1, 0.15) is 5.75 Å². The molecule has 0 saturated heterocycles. The van der Waals surface area contributed by atoms with Crippen LogP contribution in [0.1, 0.15) is 6.92 Å². The molecular formula is C20H20N4O3S. The number of rotatable bonds is 8. The van der Waals surface area contributed by atoms with Gasteiger partial charge in [0.25, 0.3) is 5.56 Å². The molecule has 0 radical (unpaired) electrons. The smallest absolute Gasteiger partial charge is 0.263 e. The van der Waals surface area contributed by atoms with Gasteiger partial charge in [-0.1, -0.05) is 30.0 Å². The SMILES string of the molecule is C=CCn1c(SCC(=O)Nc2ccccc2OCC)nc2ncccc2c1=O. The second-order valence-electron chi connectivity index (χ2n) is 5.74. The first kappa shape index (κ1) is 19.6. The van der Waals surface area contributed by atoms with Crippen molar-refractivity contribution < 1.29 is 9.53 Å². The van der Waals surface area contributed by atoms with Gasteiger partial charge in [0.2, 0.25) is 5.91 Å². The first-order chi connectivity index (χ1) is 13.6. The van der Waals surface area contributed by atoms with E-state index in [1.54, 1.807) is 36.5 Å². The van der Waals surface area contributed by atoms with Crippen LogP contribution < -0.4 is 15.6 Å². The van der Waals surface area contributed by atoms with Crippen LogP contribution in [0.3, 0.4) is 0 Å². The van der Waals surface area contributed by atoms with E-state index in [-0.39, 0.29) is 17.2 Å². The Bertz CT molecular complexity index is 1060. The number of carbonyl (C=O) groups excluding carboxylic acids is 1. The van der Waals surface area contributed by atoms with Crippen molar-refractivity contribution >= 4 is 34.4 Å². The Labute approximate surface area is 166 Å². The molecule has 3 rings (SSSR count). The van der Waals surface area contributed by atoms with Crippen LogP contribution in [-0.4, -0.2) is 32.8 Å². The van der Waals surface area contributed by atoms with Gasteiger partial charge in [0.15, 0.2) is 10.8 Å². The van der Waals surface area contributed by atoms with E-state index < -0.39 is 0 Å². The Balaban J connectivity index is 1.79. The third-order valence-electron chi connectivity index (χ3n) is 3.80. The number of nitrogens with one attached hydrogen (secondary N) is 1. The van der Waals surface area contributed by atoms with Crippen molar-refractivity contribution in [2.45, 2.75) is 18.6 Å². The molecule has 1 N–H and O–H groups in total. The fourth-order valence-electron chi connectivity index (χ4n) is 2.60. The number of hydrogen-bond donors (Lipinski definition) is 1. The summed E-state index contributed by atoms with van der Waals surface area (Å²) in [5, 5.41) is 3.69. The molecule has 0 spiro atoms. The molecule has 1 aromatic carbocycles. The van der Waals surface area contributed by atoms with Gasteiger partial charge in [0, 0.05) is 12.7 Å². The van der Waals surface area contributed by atoms with Gasteiger partial charge in [-0.3, -0.25) is 14.2 Å². The summed E-state index contributed by atoms with van der Waals surface area (Å²) in [6, 6.07) is 10.6. The highest BCUT2D eigenvalue weighted by Gasteiger charge is 2.14. The highest BCUT2D eigenvalue weighted by molar-refractivity contribution is 7.99. The van der Waals surface area contributed by atoms with E-state index in [1.165, 1.54) is 16.3 Å². The highest BCUT2D eigenvalue weighted by atomic mass is 32.2. The molecule has 28 heavy (non-hydrogen) atoms. The third kappa shape index (κ3) is 4.40. The van der Waals surface area contributed by atoms with Crippen molar-refractivity contribution in [3.05, 3.63) is 65.6 Å². The summed E-state index contributed by atoms with van der Waals surface area (Å²) < 4.78 is 7.01. The molecule has 144 valence electrons. The Morgan fingerprint density at radius 1 is 1.32 bits per heavy atom. The van der Waals surface area contributed by atoms with Crippen molar-refractivity contribution in [1.82, 2.24) is 14.5 Å². The Hall–Kier alpha value is -3.13. The molecule has 0 aliphatic rings. The zero-order valence-electron chi connectivity index (χ0n) is 15.4. The predicted molar refractivity (Wildman–Crippen MR) is 111 cm³/mol. The van der Waals surface area contributed by atoms with Crippen LogP contribution in [0.4, 0.5) is 5.69 Å². The summed E-state index contributed by atoms with van der Waals surface area (Å²) in [4.78, 5) is 33.7. The van der Waals surface area contributed by atoms with Crippen LogP contribution >= 0.6 is 11.8 Å². The maximum Gasteiger partial charge on any atom is 0.263 e. The molecule has 8 heteroatoms. The molecule has 1 amide bonds. The maximum atomic E-state index is 12.7. The number of nitrogens with zero attached hydrogens (tertiary/aromatic N) is 3. The predicted octanol–water partition coefficient (Wildman–Crippen LogP) is 3.11. The number of allylic oxidation sites excluding steroid dienone is 1. The summed E-state index contributed by atoms with van der Waals surface area (Å²) in [5.74, 6) is 0.472. The first-order valence-corrected chi connectivity index (χ1v) is 9.73. The van der Waals surface area contributed by atoms with E-state index in [4.69, 9.17) is 4.74 Å². The van der Waals surface area contributed by atoms with Crippen molar-refractivity contribution in [3.63, 3.8) is 0 Å². The maximum absolute atomic E-state index is 12.7. The van der Waals surface area contributed by atoms with E-state index in [9.17, 15) is 9.59 Å². The molecule has 3 aromatic rings. The largest absolute Gasteiger partial charge is 0.492 e. The lowest BCUT2D eigenvalue weighted by molar-refractivity contribution is -0.113. The fourth-order valence-corrected chi connectivity index (χ4v) is 3.40. The zero-order chi connectivity index (χ0) is 19.9. The minimum absolute atomic E-state index is 0.0857. The van der Waals surface area contributed by atoms with Gasteiger partial charge in [-0.2, -0.15) is 0 Å². The van der Waals surface area contributed by atoms with Crippen LogP contribution in [0.25, 0.3) is 11.0 Å². The summed E-state index contributed by atoms with van der Waals surface area (Å²) in [6.07, 6.45) is 3.20. The topological polar surface area (TPSA) is 86.1 Å². The lowest BCUT2D eigenvalue weighted by Gasteiger charge is -2.12. The molecule has 0 bridgehead atoms. The number of hydrogen-bond acceptors (Lipinski definition) is 6. The quantitative estimate of drug-likeness (QED) is 0.358. The van der Waals surface area contributed by atoms with E-state index in [2.05, 4.69) is 21.9 Å². The van der Waals surface area contributed by atoms with Crippen LogP contribution in [0, 0.1) is 0 Å². The van der Waals surface area contributed by atoms with Crippen LogP contribution in [-0.2, 0) is 11.3 Å². The summed E-state index contributed by atoms with van der Waals surface area (Å²) in [6.45, 7) is 6.38. The van der Waals surface area contributed by atoms with Gasteiger partial charge in [-0.25, -0.2) is 9.97 Å². The van der Waals surface area contributed by atoms with Crippen molar-refractivity contribution in [2.75, 3.05) is 17.7 Å². The van der Waals surface area contributed by atoms with E-state index in [0.717, 1.165) is 0 Å². The lowest BCUT2D eigenvalue weighted by Crippen LogP contribution is -2.24. The number of ether oxygens (including phenoxy) is 1. The van der Waals surface area contributed by atoms with Gasteiger partial charge in [-0.05, 0) is 31.2 Å². The Morgan fingerprint density at radius 2 is 2.14 bits per heavy atom. The summed E-state index contributed by atoms with van der Waals surface area (Å²) in [5.41, 5.74) is 0.756. The Kier molecular flexibility index (Phi) is 6.44. The minimum Gasteiger partial charge on any atom is -0.492 e. The molecule has 0 atom stereocenters. The van der Waals surface area contributed by atoms with Gasteiger partial charge < -0.3 is 10.1 Å². The number of carbonyl (C=O) groups is 1. The van der Waals surface area contributed by atoms with Crippen molar-refractivity contribution in [2.24, 2.45) is 0 Å². The number of fused-ring (bicyclic) bond motifs is 1. The van der Waals surface area contributed by atoms with Gasteiger partial charge in [-0.15, -0.1) is 6.58 Å². The highest BCUT2D eigenvalue weighted by Crippen LogP contribution is 2.24. The molecule has 0 saturated carbocycles. The number of pyridine rings is 1. The number of anilines is 1. The lowest BCUT2D eigenvalue weighted by atomic mass is 10.3. The number of aromatic nitrogens is 3. The summed E-state index contributed by atoms with van der Waals surface area (Å²) in [7, 11) is 0. The molecule has 0 fully saturated rings. The standard InChI is InChI=1S/C20H20N4O3S/c1-3-12-24-19(26)14-8-7-11-21-18(14)23-20(24)28-13-17(25)22-15-9-5-6-10-16(15)27-4-2/h3,5-11H,1,4,12-13H2,2H3,(H,22,25). The molecule has 0 aliphatic heterocycles. The van der Waals surface area contributed by atoms with E-state index >= 15 is 0 Å². The average Bonchev–Trinajstić information content (AvgIpc) is 2.70. The van der Waals surface area contributed by atoms with Gasteiger partial charge in [0.05, 0.1) is 23.4 Å². The molecule has 0 aliphatic carbocycles. The van der Waals surface area contributed by atoms with Crippen LogP contribution in [0.5, 0.6) is 5.75 Å². The molecular weight excluding hydrogens is 376 g/mol. The molecule has 2 aromatic heterocycles. The zero-order valence-corrected chi connectivity index (χ0v) is 16.2. The van der Waals surface area contributed by atoms with E-state index in [1.807, 2.05) is 19.1 Å².